The summed E-state index contributed by atoms with van der Waals surface area (Å²) in [6.45, 7) is 4.17. The molecule has 0 aliphatic carbocycles. The molecule has 10 nitrogen and oxygen atoms in total. The van der Waals surface area contributed by atoms with Gasteiger partial charge in [0.05, 0.1) is 12.0 Å². The molecule has 2 N–H and O–H groups in total. The number of fused-ring (bicyclic) bond motifs is 1. The highest BCUT2D eigenvalue weighted by molar-refractivity contribution is 7.93. The molecule has 5 rings (SSSR count). The Balaban J connectivity index is 1.36. The average Bonchev–Trinajstić information content (AvgIpc) is 3.52. The van der Waals surface area contributed by atoms with Crippen LogP contribution in [0, 0.1) is 6.92 Å². The minimum Gasteiger partial charge on any atom is -0.475 e. The predicted octanol–water partition coefficient (Wildman–Crippen LogP) is 5.77. The molecule has 0 fully saturated rings. The third-order valence-corrected chi connectivity index (χ3v) is 7.97. The summed E-state index contributed by atoms with van der Waals surface area (Å²) in [6.07, 6.45) is 1.24. The van der Waals surface area contributed by atoms with E-state index >= 15 is 0 Å². The molecular weight excluding hydrogens is 608 g/mol. The van der Waals surface area contributed by atoms with E-state index in [0.29, 0.717) is 52.3 Å². The Labute approximate surface area is 268 Å². The summed E-state index contributed by atoms with van der Waals surface area (Å²) < 4.78 is 45.0. The molecule has 0 radical (unpaired) electrons. The van der Waals surface area contributed by atoms with Gasteiger partial charge in [0.25, 0.3) is 21.8 Å². The molecule has 0 saturated carbocycles. The van der Waals surface area contributed by atoms with Gasteiger partial charge in [-0.1, -0.05) is 79.6 Å². The van der Waals surface area contributed by atoms with Crippen molar-refractivity contribution < 1.29 is 37.1 Å². The van der Waals surface area contributed by atoms with Crippen molar-refractivity contribution in [3.05, 3.63) is 130 Å². The number of carbonyl (C=O) groups is 2. The van der Waals surface area contributed by atoms with E-state index in [1.165, 1.54) is 6.08 Å². The third kappa shape index (κ3) is 8.52. The predicted molar refractivity (Wildman–Crippen MR) is 172 cm³/mol. The van der Waals surface area contributed by atoms with Crippen molar-refractivity contribution in [2.45, 2.75) is 39.4 Å². The van der Waals surface area contributed by atoms with E-state index in [-0.39, 0.29) is 13.4 Å². The van der Waals surface area contributed by atoms with E-state index < -0.39 is 27.9 Å². The quantitative estimate of drug-likeness (QED) is 0.176. The van der Waals surface area contributed by atoms with Crippen molar-refractivity contribution in [3.8, 4) is 17.2 Å². The number of hydrogen-bond donors (Lipinski definition) is 2. The van der Waals surface area contributed by atoms with E-state index in [1.807, 2.05) is 44.2 Å². The molecule has 0 aromatic heterocycles. The molecule has 11 heteroatoms. The van der Waals surface area contributed by atoms with Crippen LogP contribution in [0.25, 0.3) is 6.08 Å². The van der Waals surface area contributed by atoms with Gasteiger partial charge in [-0.15, -0.1) is 0 Å². The molecule has 1 heterocycles. The number of sulfonamides is 1. The fourth-order valence-corrected chi connectivity index (χ4v) is 5.57. The Morgan fingerprint density at radius 2 is 1.74 bits per heavy atom. The number of nitrogens with one attached hydrogen (secondary N) is 2. The minimum atomic E-state index is -4.19. The second kappa shape index (κ2) is 14.8. The maximum Gasteiger partial charge on any atom is 0.279 e. The maximum absolute atomic E-state index is 13.6. The first-order chi connectivity index (χ1) is 22.2. The molecule has 0 spiro atoms. The molecule has 1 aliphatic rings. The van der Waals surface area contributed by atoms with Crippen LogP contribution in [0.5, 0.6) is 17.2 Å². The van der Waals surface area contributed by atoms with Crippen molar-refractivity contribution >= 4 is 27.9 Å². The third-order valence-electron chi connectivity index (χ3n) is 6.99. The first-order valence-electron chi connectivity index (χ1n) is 14.7. The van der Waals surface area contributed by atoms with E-state index in [2.05, 4.69) is 10.2 Å². The molecule has 1 atom stereocenters. The normalized spacial score (nSPS) is 12.9. The van der Waals surface area contributed by atoms with Gasteiger partial charge in [0.1, 0.15) is 5.75 Å². The van der Waals surface area contributed by atoms with Gasteiger partial charge < -0.3 is 14.2 Å². The summed E-state index contributed by atoms with van der Waals surface area (Å²) in [5.74, 6) is -0.150. The number of rotatable bonds is 13. The second-order valence-electron chi connectivity index (χ2n) is 10.6. The Kier molecular flexibility index (Phi) is 10.4. The van der Waals surface area contributed by atoms with Gasteiger partial charge in [-0.3, -0.25) is 14.4 Å². The first kappa shape index (κ1) is 32.3. The Bertz CT molecular complexity index is 1840. The summed E-state index contributed by atoms with van der Waals surface area (Å²) in [6, 6.07) is 26.2. The van der Waals surface area contributed by atoms with Gasteiger partial charge in [-0.05, 0) is 66.4 Å². The molecule has 46 heavy (non-hydrogen) atoms. The highest BCUT2D eigenvalue weighted by Gasteiger charge is 2.29. The minimum absolute atomic E-state index is 0.0219. The van der Waals surface area contributed by atoms with Crippen molar-refractivity contribution in [3.63, 3.8) is 0 Å². The number of aryl methyl sites for hydroxylation is 2. The van der Waals surface area contributed by atoms with Crippen LogP contribution in [-0.4, -0.2) is 27.0 Å². The molecule has 4 aromatic rings. The number of amides is 2. The van der Waals surface area contributed by atoms with E-state index in [1.54, 1.807) is 60.7 Å². The fraction of sp³-hybridized carbons (Fsp3) is 0.200. The molecule has 2 amide bonds. The summed E-state index contributed by atoms with van der Waals surface area (Å²) in [5, 5.41) is 0.924. The van der Waals surface area contributed by atoms with Gasteiger partial charge in [0.15, 0.2) is 11.5 Å². The van der Waals surface area contributed by atoms with Crippen molar-refractivity contribution in [1.82, 2.24) is 10.2 Å². The van der Waals surface area contributed by atoms with Gasteiger partial charge in [-0.25, -0.2) is 18.6 Å². The van der Waals surface area contributed by atoms with Crippen LogP contribution in [-0.2, 0) is 32.7 Å². The van der Waals surface area contributed by atoms with Crippen molar-refractivity contribution in [2.24, 2.45) is 0 Å². The van der Waals surface area contributed by atoms with Crippen LogP contribution in [0.15, 0.2) is 96.4 Å². The highest BCUT2D eigenvalue weighted by Crippen LogP contribution is 2.36. The summed E-state index contributed by atoms with van der Waals surface area (Å²) in [7, 11) is -4.19. The molecule has 4 aromatic carbocycles. The fourth-order valence-electron chi connectivity index (χ4n) is 4.78. The summed E-state index contributed by atoms with van der Waals surface area (Å²) in [5.41, 5.74) is 6.45. The van der Waals surface area contributed by atoms with E-state index in [0.717, 1.165) is 16.5 Å². The van der Waals surface area contributed by atoms with Crippen molar-refractivity contribution in [1.29, 1.82) is 0 Å². The number of benzene rings is 4. The lowest BCUT2D eigenvalue weighted by Crippen LogP contribution is -2.36. The molecule has 0 saturated heterocycles. The zero-order valence-corrected chi connectivity index (χ0v) is 26.2. The standard InChI is InChI=1S/C35H34N2O8S/c1-3-8-27-20-29(34(38)36-44-22-26-12-7-9-24(2)19-26)14-15-30(27)45-33(28-13-16-31-32(21-28)43-23-42-31)35(39)37-46(40,41)18-17-25-10-5-4-6-11-25/h4-7,9-21,33H,3,8,22-23H2,1-2H3,(H,36,38)(H,37,39)/b18-17+. The van der Waals surface area contributed by atoms with Gasteiger partial charge in [-0.2, -0.15) is 0 Å². The first-order valence-corrected chi connectivity index (χ1v) is 16.2. The molecular formula is C35H34N2O8S. The topological polar surface area (TPSA) is 129 Å². The molecule has 0 bridgehead atoms. The lowest BCUT2D eigenvalue weighted by Gasteiger charge is -2.21. The Morgan fingerprint density at radius 1 is 0.935 bits per heavy atom. The molecule has 1 aliphatic heterocycles. The highest BCUT2D eigenvalue weighted by atomic mass is 32.2. The number of hydrogen-bond acceptors (Lipinski definition) is 8. The maximum atomic E-state index is 13.6. The summed E-state index contributed by atoms with van der Waals surface area (Å²) >= 11 is 0. The van der Waals surface area contributed by atoms with Crippen LogP contribution >= 0.6 is 0 Å². The number of ether oxygens (including phenoxy) is 3. The monoisotopic (exact) mass is 642 g/mol. The molecule has 238 valence electrons. The Hall–Kier alpha value is -5.13. The zero-order valence-electron chi connectivity index (χ0n) is 25.4. The largest absolute Gasteiger partial charge is 0.475 e. The molecule has 1 unspecified atom stereocenters. The van der Waals surface area contributed by atoms with Crippen LogP contribution in [0.1, 0.15) is 57.6 Å². The Morgan fingerprint density at radius 3 is 2.52 bits per heavy atom. The SMILES string of the molecule is CCCc1cc(C(=O)NOCc2cccc(C)c2)ccc1OC(C(=O)NS(=O)(=O)/C=C/c1ccccc1)c1ccc2c(c1)OCO2. The van der Waals surface area contributed by atoms with Gasteiger partial charge in [0.2, 0.25) is 12.9 Å². The van der Waals surface area contributed by atoms with Gasteiger partial charge in [0, 0.05) is 11.1 Å². The van der Waals surface area contributed by atoms with Gasteiger partial charge >= 0.3 is 0 Å². The van der Waals surface area contributed by atoms with Crippen LogP contribution in [0.4, 0.5) is 0 Å². The van der Waals surface area contributed by atoms with Crippen LogP contribution in [0.3, 0.4) is 0 Å². The van der Waals surface area contributed by atoms with E-state index in [4.69, 9.17) is 19.0 Å². The number of hydroxylamine groups is 1. The lowest BCUT2D eigenvalue weighted by atomic mass is 10.0. The second-order valence-corrected chi connectivity index (χ2v) is 12.2. The van der Waals surface area contributed by atoms with E-state index in [9.17, 15) is 18.0 Å². The smallest absolute Gasteiger partial charge is 0.279 e. The average molecular weight is 643 g/mol. The van der Waals surface area contributed by atoms with Crippen LogP contribution in [0.2, 0.25) is 0 Å². The van der Waals surface area contributed by atoms with Crippen LogP contribution < -0.4 is 24.4 Å². The van der Waals surface area contributed by atoms with Crippen molar-refractivity contribution in [2.75, 3.05) is 6.79 Å². The zero-order chi connectivity index (χ0) is 32.5. The summed E-state index contributed by atoms with van der Waals surface area (Å²) in [4.78, 5) is 31.9. The number of carbonyl (C=O) groups excluding carboxylic acids is 2. The lowest BCUT2D eigenvalue weighted by molar-refractivity contribution is -0.126.